The topological polar surface area (TPSA) is 26.3 Å². The van der Waals surface area contributed by atoms with Gasteiger partial charge in [-0.3, -0.25) is 4.79 Å². The predicted molar refractivity (Wildman–Crippen MR) is 46.6 cm³/mol. The molecule has 0 radical (unpaired) electrons. The minimum atomic E-state index is -1.93. The van der Waals surface area contributed by atoms with Crippen LogP contribution in [-0.2, 0) is 16.0 Å². The van der Waals surface area contributed by atoms with Gasteiger partial charge in [-0.25, -0.2) is 17.6 Å². The SMILES string of the molecule is CCOC(=O)Cc1cc(F)c(F)c(F)c1F. The summed E-state index contributed by atoms with van der Waals surface area (Å²) in [6, 6.07) is 0.435. The molecule has 1 aromatic rings. The molecule has 0 aliphatic rings. The summed E-state index contributed by atoms with van der Waals surface area (Å²) in [5, 5.41) is 0. The number of halogens is 4. The average Bonchev–Trinajstić information content (AvgIpc) is 2.23. The Labute approximate surface area is 88.8 Å². The molecule has 1 aromatic carbocycles. The highest BCUT2D eigenvalue weighted by atomic mass is 19.2. The van der Waals surface area contributed by atoms with E-state index in [1.807, 2.05) is 0 Å². The van der Waals surface area contributed by atoms with Gasteiger partial charge in [-0.1, -0.05) is 0 Å². The predicted octanol–water partition coefficient (Wildman–Crippen LogP) is 2.35. The second-order valence-electron chi connectivity index (χ2n) is 2.94. The zero-order chi connectivity index (χ0) is 12.3. The number of rotatable bonds is 3. The van der Waals surface area contributed by atoms with Crippen molar-refractivity contribution in [2.45, 2.75) is 13.3 Å². The van der Waals surface area contributed by atoms with E-state index in [-0.39, 0.29) is 6.61 Å². The Morgan fingerprint density at radius 3 is 2.38 bits per heavy atom. The molecule has 0 spiro atoms. The van der Waals surface area contributed by atoms with Gasteiger partial charge in [-0.05, 0) is 13.0 Å². The van der Waals surface area contributed by atoms with Crippen molar-refractivity contribution in [1.82, 2.24) is 0 Å². The third-order valence-electron chi connectivity index (χ3n) is 1.82. The number of benzene rings is 1. The molecule has 0 aliphatic heterocycles. The van der Waals surface area contributed by atoms with Crippen molar-refractivity contribution in [1.29, 1.82) is 0 Å². The van der Waals surface area contributed by atoms with Gasteiger partial charge in [0.15, 0.2) is 23.3 Å². The fourth-order valence-electron chi connectivity index (χ4n) is 1.12. The zero-order valence-corrected chi connectivity index (χ0v) is 8.32. The largest absolute Gasteiger partial charge is 0.466 e. The summed E-state index contributed by atoms with van der Waals surface area (Å²) in [4.78, 5) is 10.9. The van der Waals surface area contributed by atoms with Crippen LogP contribution in [0.25, 0.3) is 0 Å². The quantitative estimate of drug-likeness (QED) is 0.348. The molecule has 6 heteroatoms. The summed E-state index contributed by atoms with van der Waals surface area (Å²) in [5.74, 6) is -7.79. The van der Waals surface area contributed by atoms with Crippen LogP contribution in [0, 0.1) is 23.3 Å². The minimum Gasteiger partial charge on any atom is -0.466 e. The molecule has 2 nitrogen and oxygen atoms in total. The number of ether oxygens (including phenoxy) is 1. The molecule has 1 rings (SSSR count). The molecule has 16 heavy (non-hydrogen) atoms. The Morgan fingerprint density at radius 1 is 1.19 bits per heavy atom. The molecule has 0 atom stereocenters. The number of hydrogen-bond acceptors (Lipinski definition) is 2. The van der Waals surface area contributed by atoms with Crippen molar-refractivity contribution in [2.24, 2.45) is 0 Å². The number of esters is 1. The lowest BCUT2D eigenvalue weighted by Crippen LogP contribution is -2.11. The molecule has 0 amide bonds. The maximum atomic E-state index is 13.1. The summed E-state index contributed by atoms with van der Waals surface area (Å²) in [5.41, 5.74) is -0.574. The average molecular weight is 236 g/mol. The van der Waals surface area contributed by atoms with Crippen LogP contribution in [0.2, 0.25) is 0 Å². The Kier molecular flexibility index (Phi) is 3.87. The molecule has 0 fully saturated rings. The highest BCUT2D eigenvalue weighted by Gasteiger charge is 2.20. The van der Waals surface area contributed by atoms with Gasteiger partial charge in [0.1, 0.15) is 0 Å². The lowest BCUT2D eigenvalue weighted by molar-refractivity contribution is -0.142. The van der Waals surface area contributed by atoms with E-state index < -0.39 is 41.2 Å². The van der Waals surface area contributed by atoms with E-state index in [0.717, 1.165) is 0 Å². The van der Waals surface area contributed by atoms with Gasteiger partial charge in [-0.15, -0.1) is 0 Å². The van der Waals surface area contributed by atoms with Crippen LogP contribution in [0.5, 0.6) is 0 Å². The fraction of sp³-hybridized carbons (Fsp3) is 0.300. The molecule has 88 valence electrons. The van der Waals surface area contributed by atoms with Crippen LogP contribution >= 0.6 is 0 Å². The highest BCUT2D eigenvalue weighted by molar-refractivity contribution is 5.72. The monoisotopic (exact) mass is 236 g/mol. The Bertz CT molecular complexity index is 418. The number of hydrogen-bond donors (Lipinski definition) is 0. The lowest BCUT2D eigenvalue weighted by atomic mass is 10.1. The molecule has 0 aliphatic carbocycles. The van der Waals surface area contributed by atoms with Crippen LogP contribution in [0.15, 0.2) is 6.07 Å². The van der Waals surface area contributed by atoms with E-state index in [4.69, 9.17) is 0 Å². The first-order valence-electron chi connectivity index (χ1n) is 4.44. The molecular formula is C10H8F4O2. The summed E-state index contributed by atoms with van der Waals surface area (Å²) in [6.45, 7) is 1.59. The Morgan fingerprint density at radius 2 is 1.81 bits per heavy atom. The van der Waals surface area contributed by atoms with Gasteiger partial charge < -0.3 is 4.74 Å². The van der Waals surface area contributed by atoms with E-state index in [1.165, 1.54) is 6.92 Å². The molecule has 0 N–H and O–H groups in total. The van der Waals surface area contributed by atoms with Crippen molar-refractivity contribution >= 4 is 5.97 Å². The molecule has 0 bridgehead atoms. The standard InChI is InChI=1S/C10H8F4O2/c1-2-16-7(15)4-5-3-6(11)9(13)10(14)8(5)12/h3H,2,4H2,1H3. The third-order valence-corrected chi connectivity index (χ3v) is 1.82. The highest BCUT2D eigenvalue weighted by Crippen LogP contribution is 2.19. The van der Waals surface area contributed by atoms with E-state index in [0.29, 0.717) is 6.07 Å². The third kappa shape index (κ3) is 2.50. The number of carbonyl (C=O) groups excluding carboxylic acids is 1. The first kappa shape index (κ1) is 12.5. The van der Waals surface area contributed by atoms with Gasteiger partial charge in [0.2, 0.25) is 0 Å². The van der Waals surface area contributed by atoms with E-state index in [2.05, 4.69) is 4.74 Å². The molecule has 0 saturated carbocycles. The maximum absolute atomic E-state index is 13.1. The molecular weight excluding hydrogens is 228 g/mol. The van der Waals surface area contributed by atoms with Gasteiger partial charge in [0.05, 0.1) is 13.0 Å². The van der Waals surface area contributed by atoms with Crippen LogP contribution in [0.4, 0.5) is 17.6 Å². The Hall–Kier alpha value is -1.59. The van der Waals surface area contributed by atoms with Gasteiger partial charge in [0, 0.05) is 5.56 Å². The van der Waals surface area contributed by atoms with Crippen LogP contribution in [-0.4, -0.2) is 12.6 Å². The normalized spacial score (nSPS) is 10.3. The molecule has 0 unspecified atom stereocenters. The minimum absolute atomic E-state index is 0.0621. The Balaban J connectivity index is 3.02. The molecule has 0 saturated heterocycles. The number of carbonyl (C=O) groups is 1. The first-order valence-corrected chi connectivity index (χ1v) is 4.44. The van der Waals surface area contributed by atoms with E-state index in [9.17, 15) is 22.4 Å². The second kappa shape index (κ2) is 4.96. The molecule has 0 aromatic heterocycles. The van der Waals surface area contributed by atoms with Crippen molar-refractivity contribution < 1.29 is 27.1 Å². The van der Waals surface area contributed by atoms with Gasteiger partial charge in [-0.2, -0.15) is 0 Å². The molecule has 0 heterocycles. The fourth-order valence-corrected chi connectivity index (χ4v) is 1.12. The van der Waals surface area contributed by atoms with Crippen LogP contribution in [0.3, 0.4) is 0 Å². The zero-order valence-electron chi connectivity index (χ0n) is 8.32. The maximum Gasteiger partial charge on any atom is 0.310 e. The summed E-state index contributed by atoms with van der Waals surface area (Å²) < 4.78 is 55.5. The van der Waals surface area contributed by atoms with Crippen molar-refractivity contribution in [2.75, 3.05) is 6.61 Å². The van der Waals surface area contributed by atoms with Gasteiger partial charge >= 0.3 is 5.97 Å². The lowest BCUT2D eigenvalue weighted by Gasteiger charge is -2.05. The van der Waals surface area contributed by atoms with Gasteiger partial charge in [0.25, 0.3) is 0 Å². The first-order chi connectivity index (χ1) is 7.47. The van der Waals surface area contributed by atoms with E-state index >= 15 is 0 Å². The van der Waals surface area contributed by atoms with Crippen molar-refractivity contribution in [3.05, 3.63) is 34.9 Å². The second-order valence-corrected chi connectivity index (χ2v) is 2.94. The van der Waals surface area contributed by atoms with Crippen molar-refractivity contribution in [3.8, 4) is 0 Å². The van der Waals surface area contributed by atoms with Crippen molar-refractivity contribution in [3.63, 3.8) is 0 Å². The summed E-state index contributed by atoms with van der Waals surface area (Å²) >= 11 is 0. The summed E-state index contributed by atoms with van der Waals surface area (Å²) in [6.07, 6.45) is -0.645. The summed E-state index contributed by atoms with van der Waals surface area (Å²) in [7, 11) is 0. The van der Waals surface area contributed by atoms with Crippen LogP contribution in [0.1, 0.15) is 12.5 Å². The van der Waals surface area contributed by atoms with E-state index in [1.54, 1.807) is 0 Å². The van der Waals surface area contributed by atoms with Crippen LogP contribution < -0.4 is 0 Å². The smallest absolute Gasteiger partial charge is 0.310 e.